The fourth-order valence-electron chi connectivity index (χ4n) is 1.02. The number of fused-ring (bicyclic) bond motifs is 1. The van der Waals surface area contributed by atoms with Crippen LogP contribution in [0.1, 0.15) is 0 Å². The molecule has 2 saturated heterocycles. The summed E-state index contributed by atoms with van der Waals surface area (Å²) in [6, 6.07) is 0. The van der Waals surface area contributed by atoms with Crippen LogP contribution in [0.25, 0.3) is 0 Å². The van der Waals surface area contributed by atoms with E-state index in [1.54, 1.807) is 0 Å². The fraction of sp³-hybridized carbons (Fsp3) is 1.00. The third-order valence-corrected chi connectivity index (χ3v) is 2.43. The van der Waals surface area contributed by atoms with Gasteiger partial charge in [-0.2, -0.15) is 8.42 Å². The SMILES string of the molecule is O=S1(=O)OC2COCC2O1. The van der Waals surface area contributed by atoms with Crippen molar-refractivity contribution in [2.45, 2.75) is 12.2 Å². The summed E-state index contributed by atoms with van der Waals surface area (Å²) in [4.78, 5) is 0. The van der Waals surface area contributed by atoms with Gasteiger partial charge in [0.25, 0.3) is 0 Å². The molecule has 2 atom stereocenters. The first kappa shape index (κ1) is 6.53. The molecule has 0 aromatic heterocycles. The molecule has 58 valence electrons. The molecule has 0 bridgehead atoms. The molecule has 0 radical (unpaired) electrons. The fourth-order valence-corrected chi connectivity index (χ4v) is 2.03. The Balaban J connectivity index is 2.21. The smallest absolute Gasteiger partial charge is 0.376 e. The molecule has 0 saturated carbocycles. The van der Waals surface area contributed by atoms with Crippen molar-refractivity contribution in [3.63, 3.8) is 0 Å². The Labute approximate surface area is 58.2 Å². The van der Waals surface area contributed by atoms with Crippen LogP contribution >= 0.6 is 0 Å². The third-order valence-electron chi connectivity index (χ3n) is 1.46. The van der Waals surface area contributed by atoms with Gasteiger partial charge < -0.3 is 4.74 Å². The monoisotopic (exact) mass is 166 g/mol. The Morgan fingerprint density at radius 2 is 1.60 bits per heavy atom. The molecule has 10 heavy (non-hydrogen) atoms. The second-order valence-electron chi connectivity index (χ2n) is 2.22. The van der Waals surface area contributed by atoms with Crippen molar-refractivity contribution in [2.24, 2.45) is 0 Å². The minimum atomic E-state index is -3.69. The van der Waals surface area contributed by atoms with Crippen molar-refractivity contribution in [3.8, 4) is 0 Å². The van der Waals surface area contributed by atoms with Crippen molar-refractivity contribution in [1.29, 1.82) is 0 Å². The first-order valence-corrected chi connectivity index (χ1v) is 4.20. The van der Waals surface area contributed by atoms with Gasteiger partial charge in [0.2, 0.25) is 0 Å². The highest BCUT2D eigenvalue weighted by atomic mass is 32.3. The van der Waals surface area contributed by atoms with Crippen LogP contribution in [0.5, 0.6) is 0 Å². The topological polar surface area (TPSA) is 61.8 Å². The highest BCUT2D eigenvalue weighted by Gasteiger charge is 2.44. The maximum absolute atomic E-state index is 10.5. The minimum absolute atomic E-state index is 0.309. The number of hydrogen-bond donors (Lipinski definition) is 0. The lowest BCUT2D eigenvalue weighted by atomic mass is 10.3. The van der Waals surface area contributed by atoms with Crippen LogP contribution in [-0.2, 0) is 23.5 Å². The third kappa shape index (κ3) is 0.929. The molecule has 0 aromatic carbocycles. The number of ether oxygens (including phenoxy) is 1. The largest absolute Gasteiger partial charge is 0.400 e. The van der Waals surface area contributed by atoms with Crippen molar-refractivity contribution in [3.05, 3.63) is 0 Å². The quantitative estimate of drug-likeness (QED) is 0.464. The molecule has 0 aliphatic carbocycles. The van der Waals surface area contributed by atoms with Crippen LogP contribution in [0.3, 0.4) is 0 Å². The van der Waals surface area contributed by atoms with E-state index in [4.69, 9.17) is 4.74 Å². The number of rotatable bonds is 0. The summed E-state index contributed by atoms with van der Waals surface area (Å²) in [7, 11) is -3.69. The van der Waals surface area contributed by atoms with Crippen LogP contribution in [0.4, 0.5) is 0 Å². The molecule has 2 heterocycles. The molecule has 2 aliphatic rings. The lowest BCUT2D eigenvalue weighted by molar-refractivity contribution is 0.134. The van der Waals surface area contributed by atoms with Crippen molar-refractivity contribution in [2.75, 3.05) is 13.2 Å². The average Bonchev–Trinajstić information content (AvgIpc) is 2.20. The van der Waals surface area contributed by atoms with E-state index in [1.165, 1.54) is 0 Å². The van der Waals surface area contributed by atoms with Crippen molar-refractivity contribution < 1.29 is 21.5 Å². The summed E-state index contributed by atoms with van der Waals surface area (Å²) < 4.78 is 35.0. The maximum Gasteiger partial charge on any atom is 0.400 e. The Hall–Kier alpha value is -0.170. The average molecular weight is 166 g/mol. The lowest BCUT2D eigenvalue weighted by Crippen LogP contribution is -2.18. The van der Waals surface area contributed by atoms with Crippen LogP contribution in [0.2, 0.25) is 0 Å². The van der Waals surface area contributed by atoms with Gasteiger partial charge in [0, 0.05) is 0 Å². The first-order chi connectivity index (χ1) is 4.67. The summed E-state index contributed by atoms with van der Waals surface area (Å²) in [5, 5.41) is 0. The van der Waals surface area contributed by atoms with Gasteiger partial charge in [-0.3, -0.25) is 0 Å². The molecule has 2 unspecified atom stereocenters. The van der Waals surface area contributed by atoms with Crippen LogP contribution in [0.15, 0.2) is 0 Å². The van der Waals surface area contributed by atoms with E-state index in [-0.39, 0.29) is 0 Å². The highest BCUT2D eigenvalue weighted by Crippen LogP contribution is 2.25. The molecular weight excluding hydrogens is 160 g/mol. The summed E-state index contributed by atoms with van der Waals surface area (Å²) in [5.74, 6) is 0. The van der Waals surface area contributed by atoms with Crippen LogP contribution in [-0.4, -0.2) is 33.8 Å². The zero-order valence-corrected chi connectivity index (χ0v) is 5.83. The van der Waals surface area contributed by atoms with E-state index in [0.717, 1.165) is 0 Å². The zero-order valence-electron chi connectivity index (χ0n) is 5.02. The van der Waals surface area contributed by atoms with E-state index < -0.39 is 22.6 Å². The zero-order chi connectivity index (χ0) is 7.19. The number of hydrogen-bond acceptors (Lipinski definition) is 5. The van der Waals surface area contributed by atoms with Gasteiger partial charge in [-0.1, -0.05) is 0 Å². The van der Waals surface area contributed by atoms with Gasteiger partial charge >= 0.3 is 10.4 Å². The van der Waals surface area contributed by atoms with Gasteiger partial charge in [0.05, 0.1) is 13.2 Å². The molecule has 2 rings (SSSR count). The van der Waals surface area contributed by atoms with Gasteiger partial charge in [0.15, 0.2) is 0 Å². The van der Waals surface area contributed by atoms with Crippen molar-refractivity contribution in [1.82, 2.24) is 0 Å². The van der Waals surface area contributed by atoms with E-state index in [2.05, 4.69) is 8.37 Å². The molecular formula is C4H6O5S. The van der Waals surface area contributed by atoms with E-state index in [9.17, 15) is 8.42 Å². The lowest BCUT2D eigenvalue weighted by Gasteiger charge is -1.95. The summed E-state index contributed by atoms with van der Waals surface area (Å²) in [6.07, 6.45) is -0.824. The first-order valence-electron chi connectivity index (χ1n) is 2.87. The second-order valence-corrected chi connectivity index (χ2v) is 3.42. The Kier molecular flexibility index (Phi) is 1.25. The predicted molar refractivity (Wildman–Crippen MR) is 29.5 cm³/mol. The molecule has 5 nitrogen and oxygen atoms in total. The second kappa shape index (κ2) is 1.91. The van der Waals surface area contributed by atoms with Crippen molar-refractivity contribution >= 4 is 10.4 Å². The standard InChI is InChI=1S/C4H6O5S/c5-10(6)8-3-1-7-2-4(3)9-10/h3-4H,1-2H2. The predicted octanol–water partition coefficient (Wildman–Crippen LogP) is -0.955. The normalized spacial score (nSPS) is 43.6. The molecule has 0 spiro atoms. The van der Waals surface area contributed by atoms with Gasteiger partial charge in [-0.25, -0.2) is 8.37 Å². The highest BCUT2D eigenvalue weighted by molar-refractivity contribution is 7.82. The molecule has 2 fully saturated rings. The molecule has 0 aromatic rings. The Bertz CT molecular complexity index is 214. The van der Waals surface area contributed by atoms with Gasteiger partial charge in [-0.15, -0.1) is 0 Å². The maximum atomic E-state index is 10.5. The molecule has 2 aliphatic heterocycles. The molecule has 6 heteroatoms. The summed E-state index contributed by atoms with van der Waals surface area (Å²) >= 11 is 0. The minimum Gasteiger partial charge on any atom is -0.376 e. The molecule has 0 N–H and O–H groups in total. The van der Waals surface area contributed by atoms with E-state index in [0.29, 0.717) is 13.2 Å². The Morgan fingerprint density at radius 1 is 1.10 bits per heavy atom. The van der Waals surface area contributed by atoms with Crippen LogP contribution in [0, 0.1) is 0 Å². The van der Waals surface area contributed by atoms with Gasteiger partial charge in [-0.05, 0) is 0 Å². The van der Waals surface area contributed by atoms with Gasteiger partial charge in [0.1, 0.15) is 12.2 Å². The van der Waals surface area contributed by atoms with E-state index in [1.807, 2.05) is 0 Å². The summed E-state index contributed by atoms with van der Waals surface area (Å²) in [5.41, 5.74) is 0. The molecule has 0 amide bonds. The van der Waals surface area contributed by atoms with Crippen LogP contribution < -0.4 is 0 Å². The Morgan fingerprint density at radius 3 is 2.10 bits per heavy atom. The summed E-state index contributed by atoms with van der Waals surface area (Å²) in [6.45, 7) is 0.619. The van der Waals surface area contributed by atoms with E-state index >= 15 is 0 Å².